The molecule has 0 radical (unpaired) electrons. The molecule has 0 aromatic rings. The number of fused-ring (bicyclic) bond motifs is 8. The lowest BCUT2D eigenvalue weighted by molar-refractivity contribution is 0.536. The third-order valence-corrected chi connectivity index (χ3v) is 14.0. The van der Waals surface area contributed by atoms with Gasteiger partial charge in [-0.2, -0.15) is 0 Å². The Balaban J connectivity index is 1.72. The maximum absolute atomic E-state index is 2.17. The lowest BCUT2D eigenvalue weighted by Crippen LogP contribution is -2.38. The number of hydrogen-bond acceptors (Lipinski definition) is 6. The molecule has 4 atom stereocenters. The van der Waals surface area contributed by atoms with Gasteiger partial charge in [0.25, 0.3) is 0 Å². The van der Waals surface area contributed by atoms with Crippen molar-refractivity contribution in [3.05, 3.63) is 0 Å². The van der Waals surface area contributed by atoms with E-state index in [4.69, 9.17) is 0 Å². The Hall–Kier alpha value is 2.10. The maximum Gasteiger partial charge on any atom is 0.0329 e. The van der Waals surface area contributed by atoms with E-state index in [9.17, 15) is 0 Å². The highest BCUT2D eigenvalue weighted by Crippen LogP contribution is 2.73. The molecule has 4 rings (SSSR count). The van der Waals surface area contributed by atoms with Crippen molar-refractivity contribution in [1.29, 1.82) is 0 Å². The molecule has 0 aromatic carbocycles. The Labute approximate surface area is 101 Å². The van der Waals surface area contributed by atoms with Gasteiger partial charge < -0.3 is 0 Å². The first kappa shape index (κ1) is 9.16. The Morgan fingerprint density at radius 1 is 0.615 bits per heavy atom. The van der Waals surface area contributed by atoms with E-state index in [1.54, 1.807) is 6.42 Å². The first-order valence-electron chi connectivity index (χ1n) is 4.43. The van der Waals surface area contributed by atoms with Crippen LogP contribution < -0.4 is 0 Å². The zero-order valence-electron chi connectivity index (χ0n) is 6.62. The third kappa shape index (κ3) is 1.16. The van der Waals surface area contributed by atoms with Crippen molar-refractivity contribution in [1.82, 2.24) is 0 Å². The molecule has 2 bridgehead atoms. The summed E-state index contributed by atoms with van der Waals surface area (Å²) in [6.45, 7) is 0. The topological polar surface area (TPSA) is 0 Å². The van der Waals surface area contributed by atoms with Crippen molar-refractivity contribution in [3.8, 4) is 0 Å². The summed E-state index contributed by atoms with van der Waals surface area (Å²) in [6, 6.07) is 0. The van der Waals surface area contributed by atoms with Crippen LogP contribution in [0.15, 0.2) is 0 Å². The average molecular weight is 285 g/mol. The second-order valence-corrected chi connectivity index (χ2v) is 12.7. The summed E-state index contributed by atoms with van der Waals surface area (Å²) in [5.74, 6) is 2.11. The smallest absolute Gasteiger partial charge is 0.0329 e. The van der Waals surface area contributed by atoms with Crippen molar-refractivity contribution >= 4 is 62.8 Å². The van der Waals surface area contributed by atoms with Crippen LogP contribution in [0.1, 0.15) is 6.42 Å². The predicted molar refractivity (Wildman–Crippen MR) is 72.3 cm³/mol. The fraction of sp³-hybridized carbons (Fsp3) is 1.00. The molecule has 6 heteroatoms. The lowest BCUT2D eigenvalue weighted by Gasteiger charge is -2.29. The van der Waals surface area contributed by atoms with Crippen molar-refractivity contribution in [2.24, 2.45) is 11.8 Å². The van der Waals surface area contributed by atoms with Crippen LogP contribution in [-0.4, -0.2) is 21.0 Å². The standard InChI is InChI=1S/C7H8S6/c1-2-4-6(10-12-8-4)3(1)7-5(2)9-13-11-7/h2-7H,1H2. The van der Waals surface area contributed by atoms with E-state index >= 15 is 0 Å². The molecule has 4 fully saturated rings. The Morgan fingerprint density at radius 2 is 1.00 bits per heavy atom. The molecule has 4 unspecified atom stereocenters. The van der Waals surface area contributed by atoms with Gasteiger partial charge in [0, 0.05) is 21.0 Å². The summed E-state index contributed by atoms with van der Waals surface area (Å²) in [7, 11) is 12.8. The second kappa shape index (κ2) is 3.29. The van der Waals surface area contributed by atoms with Crippen LogP contribution in [0.4, 0.5) is 0 Å². The molecule has 4 aliphatic rings. The highest BCUT2D eigenvalue weighted by Gasteiger charge is 2.62. The van der Waals surface area contributed by atoms with Gasteiger partial charge >= 0.3 is 0 Å². The molecule has 72 valence electrons. The first-order chi connectivity index (χ1) is 6.45. The van der Waals surface area contributed by atoms with Crippen LogP contribution in [0.25, 0.3) is 0 Å². The van der Waals surface area contributed by atoms with Crippen molar-refractivity contribution in [2.45, 2.75) is 27.4 Å². The molecule has 2 aliphatic heterocycles. The monoisotopic (exact) mass is 284 g/mol. The van der Waals surface area contributed by atoms with E-state index in [2.05, 4.69) is 62.8 Å². The van der Waals surface area contributed by atoms with Crippen molar-refractivity contribution in [3.63, 3.8) is 0 Å². The van der Waals surface area contributed by atoms with Gasteiger partial charge in [-0.05, 0) is 37.9 Å². The summed E-state index contributed by atoms with van der Waals surface area (Å²) < 4.78 is 0. The minimum absolute atomic E-state index is 1.01. The second-order valence-electron chi connectivity index (χ2n) is 3.94. The van der Waals surface area contributed by atoms with Crippen LogP contribution in [0, 0.1) is 11.8 Å². The summed E-state index contributed by atoms with van der Waals surface area (Å²) in [4.78, 5) is 0. The lowest BCUT2D eigenvalue weighted by atomic mass is 9.98. The molecule has 0 N–H and O–H groups in total. The van der Waals surface area contributed by atoms with E-state index in [0.29, 0.717) is 0 Å². The summed E-state index contributed by atoms with van der Waals surface area (Å²) >= 11 is 0. The minimum atomic E-state index is 1.01. The van der Waals surface area contributed by atoms with E-state index in [0.717, 1.165) is 32.8 Å². The van der Waals surface area contributed by atoms with Gasteiger partial charge in [-0.15, -0.1) is 0 Å². The zero-order chi connectivity index (χ0) is 8.41. The van der Waals surface area contributed by atoms with Crippen LogP contribution in [0.5, 0.6) is 0 Å². The van der Waals surface area contributed by atoms with Gasteiger partial charge in [0.05, 0.1) is 0 Å². The molecule has 2 saturated heterocycles. The van der Waals surface area contributed by atoms with Crippen LogP contribution in [0.3, 0.4) is 0 Å². The molecular formula is C7H8S6. The van der Waals surface area contributed by atoms with E-state index in [1.807, 2.05) is 0 Å². The normalized spacial score (nSPS) is 62.8. The number of rotatable bonds is 0. The minimum Gasteiger partial charge on any atom is -0.0776 e. The van der Waals surface area contributed by atoms with Crippen LogP contribution >= 0.6 is 62.8 Å². The van der Waals surface area contributed by atoms with Crippen molar-refractivity contribution in [2.75, 3.05) is 0 Å². The quantitative estimate of drug-likeness (QED) is 0.607. The van der Waals surface area contributed by atoms with Gasteiger partial charge in [-0.25, -0.2) is 0 Å². The average Bonchev–Trinajstić information content (AvgIpc) is 2.81. The number of hydrogen-bond donors (Lipinski definition) is 0. The molecule has 0 spiro atoms. The molecule has 0 nitrogen and oxygen atoms in total. The molecule has 2 saturated carbocycles. The van der Waals surface area contributed by atoms with Gasteiger partial charge in [0.2, 0.25) is 0 Å². The molecule has 2 heterocycles. The SMILES string of the molecule is C1C2C3SSSC3C1C1SSSC21. The summed E-state index contributed by atoms with van der Waals surface area (Å²) in [5.41, 5.74) is 0. The Kier molecular flexibility index (Phi) is 2.32. The van der Waals surface area contributed by atoms with E-state index in [1.165, 1.54) is 0 Å². The van der Waals surface area contributed by atoms with Gasteiger partial charge in [0.1, 0.15) is 0 Å². The molecule has 13 heavy (non-hydrogen) atoms. The Morgan fingerprint density at radius 3 is 1.38 bits per heavy atom. The molecular weight excluding hydrogens is 276 g/mol. The van der Waals surface area contributed by atoms with Gasteiger partial charge in [-0.3, -0.25) is 0 Å². The fourth-order valence-electron chi connectivity index (χ4n) is 2.93. The van der Waals surface area contributed by atoms with Crippen LogP contribution in [0.2, 0.25) is 0 Å². The zero-order valence-corrected chi connectivity index (χ0v) is 11.5. The maximum atomic E-state index is 2.17. The largest absolute Gasteiger partial charge is 0.0776 e. The van der Waals surface area contributed by atoms with Crippen molar-refractivity contribution < 1.29 is 0 Å². The first-order valence-corrected chi connectivity index (χ1v) is 11.6. The highest BCUT2D eigenvalue weighted by atomic mass is 33.5. The van der Waals surface area contributed by atoms with E-state index in [-0.39, 0.29) is 0 Å². The van der Waals surface area contributed by atoms with Gasteiger partial charge in [-0.1, -0.05) is 43.2 Å². The third-order valence-electron chi connectivity index (χ3n) is 3.48. The molecule has 2 aliphatic carbocycles. The summed E-state index contributed by atoms with van der Waals surface area (Å²) in [6.07, 6.45) is 1.55. The molecule has 0 amide bonds. The highest BCUT2D eigenvalue weighted by molar-refractivity contribution is 9.11. The Bertz CT molecular complexity index is 201. The molecule has 0 aromatic heterocycles. The predicted octanol–water partition coefficient (Wildman–Crippen LogP) is 4.20. The summed E-state index contributed by atoms with van der Waals surface area (Å²) in [5, 5.41) is 4.03. The van der Waals surface area contributed by atoms with Crippen LogP contribution in [-0.2, 0) is 0 Å². The van der Waals surface area contributed by atoms with E-state index < -0.39 is 0 Å². The fourth-order valence-corrected chi connectivity index (χ4v) is 16.6. The van der Waals surface area contributed by atoms with Gasteiger partial charge in [0.15, 0.2) is 0 Å².